The molecule has 1 saturated carbocycles. The third-order valence-corrected chi connectivity index (χ3v) is 5.29. The Hall–Kier alpha value is -0.0800. The first kappa shape index (κ1) is 14.3. The quantitative estimate of drug-likeness (QED) is 0.756. The molecule has 0 spiro atoms. The average molecular weight is 252 g/mol. The van der Waals surface area contributed by atoms with E-state index < -0.39 is 0 Å². The predicted octanol–water partition coefficient (Wildman–Crippen LogP) is 3.47. The van der Waals surface area contributed by atoms with Crippen LogP contribution in [0, 0.1) is 5.41 Å². The predicted molar refractivity (Wildman–Crippen MR) is 78.9 cm³/mol. The van der Waals surface area contributed by atoms with Crippen LogP contribution in [0.3, 0.4) is 0 Å². The van der Waals surface area contributed by atoms with E-state index in [4.69, 9.17) is 0 Å². The molecule has 0 aromatic carbocycles. The van der Waals surface area contributed by atoms with Gasteiger partial charge < -0.3 is 10.6 Å². The summed E-state index contributed by atoms with van der Waals surface area (Å²) < 4.78 is 0. The van der Waals surface area contributed by atoms with Gasteiger partial charge in [0.25, 0.3) is 0 Å². The number of rotatable bonds is 6. The van der Waals surface area contributed by atoms with Gasteiger partial charge in [0.15, 0.2) is 0 Å². The molecule has 18 heavy (non-hydrogen) atoms. The molecule has 2 heteroatoms. The van der Waals surface area contributed by atoms with Gasteiger partial charge in [0.2, 0.25) is 0 Å². The van der Waals surface area contributed by atoms with E-state index in [1.165, 1.54) is 70.9 Å². The highest BCUT2D eigenvalue weighted by Gasteiger charge is 2.32. The maximum Gasteiger partial charge on any atom is 0.00817 e. The minimum absolute atomic E-state index is 0.633. The molecule has 0 radical (unpaired) electrons. The number of nitrogens with one attached hydrogen (secondary N) is 2. The smallest absolute Gasteiger partial charge is 0.00817 e. The number of hydrogen-bond acceptors (Lipinski definition) is 2. The van der Waals surface area contributed by atoms with Crippen molar-refractivity contribution in [2.75, 3.05) is 13.1 Å². The zero-order chi connectivity index (χ0) is 12.8. The van der Waals surface area contributed by atoms with E-state index in [1.807, 2.05) is 0 Å². The molecule has 2 N–H and O–H groups in total. The van der Waals surface area contributed by atoms with E-state index in [9.17, 15) is 0 Å². The van der Waals surface area contributed by atoms with Gasteiger partial charge in [-0.05, 0) is 57.4 Å². The van der Waals surface area contributed by atoms with Gasteiger partial charge in [-0.25, -0.2) is 0 Å². The summed E-state index contributed by atoms with van der Waals surface area (Å²) in [6, 6.07) is 1.44. The molecule has 106 valence electrons. The molecular formula is C16H32N2. The van der Waals surface area contributed by atoms with Crippen LogP contribution in [-0.4, -0.2) is 25.2 Å². The Labute approximate surface area is 113 Å². The van der Waals surface area contributed by atoms with Gasteiger partial charge in [-0.1, -0.05) is 26.2 Å². The standard InChI is InChI=1S/C16H32N2/c1-3-16(9-5-6-10-16)13-18-14(2)12-15-8-4-7-11-17-15/h14-15,17-18H,3-13H2,1-2H3. The van der Waals surface area contributed by atoms with E-state index in [-0.39, 0.29) is 0 Å². The van der Waals surface area contributed by atoms with Gasteiger partial charge in [0.05, 0.1) is 0 Å². The number of hydrogen-bond donors (Lipinski definition) is 2. The molecule has 1 heterocycles. The molecule has 1 aliphatic carbocycles. The summed E-state index contributed by atoms with van der Waals surface area (Å²) in [6.07, 6.45) is 12.6. The van der Waals surface area contributed by atoms with Gasteiger partial charge in [-0.15, -0.1) is 0 Å². The highest BCUT2D eigenvalue weighted by atomic mass is 15.0. The minimum atomic E-state index is 0.633. The first-order valence-electron chi connectivity index (χ1n) is 8.21. The van der Waals surface area contributed by atoms with E-state index in [0.29, 0.717) is 11.5 Å². The van der Waals surface area contributed by atoms with E-state index in [0.717, 1.165) is 6.04 Å². The van der Waals surface area contributed by atoms with E-state index >= 15 is 0 Å². The molecule has 2 fully saturated rings. The SMILES string of the molecule is CCC1(CNC(C)CC2CCCCN2)CCCC1. The van der Waals surface area contributed by atoms with Crippen molar-refractivity contribution >= 4 is 0 Å². The highest BCUT2D eigenvalue weighted by Crippen LogP contribution is 2.40. The molecule has 1 aliphatic heterocycles. The molecule has 0 amide bonds. The average Bonchev–Trinajstić information content (AvgIpc) is 2.87. The van der Waals surface area contributed by atoms with Crippen molar-refractivity contribution in [3.8, 4) is 0 Å². The second-order valence-corrected chi connectivity index (χ2v) is 6.73. The summed E-state index contributed by atoms with van der Waals surface area (Å²) in [5.41, 5.74) is 0.633. The molecule has 2 atom stereocenters. The topological polar surface area (TPSA) is 24.1 Å². The van der Waals surface area contributed by atoms with Crippen LogP contribution in [-0.2, 0) is 0 Å². The van der Waals surface area contributed by atoms with Gasteiger partial charge in [0, 0.05) is 18.6 Å². The molecule has 2 nitrogen and oxygen atoms in total. The second kappa shape index (κ2) is 6.91. The third-order valence-electron chi connectivity index (χ3n) is 5.29. The lowest BCUT2D eigenvalue weighted by molar-refractivity contribution is 0.247. The van der Waals surface area contributed by atoms with Crippen molar-refractivity contribution in [2.24, 2.45) is 5.41 Å². The zero-order valence-electron chi connectivity index (χ0n) is 12.4. The summed E-state index contributed by atoms with van der Waals surface area (Å²) in [6.45, 7) is 7.22. The van der Waals surface area contributed by atoms with E-state index in [1.54, 1.807) is 0 Å². The molecule has 0 bridgehead atoms. The molecule has 2 rings (SSSR count). The van der Waals surface area contributed by atoms with Crippen molar-refractivity contribution in [3.05, 3.63) is 0 Å². The van der Waals surface area contributed by atoms with Crippen molar-refractivity contribution in [1.29, 1.82) is 0 Å². The van der Waals surface area contributed by atoms with E-state index in [2.05, 4.69) is 24.5 Å². The summed E-state index contributed by atoms with van der Waals surface area (Å²) >= 11 is 0. The first-order chi connectivity index (χ1) is 8.74. The Balaban J connectivity index is 1.68. The van der Waals surface area contributed by atoms with Crippen LogP contribution in [0.25, 0.3) is 0 Å². The van der Waals surface area contributed by atoms with Crippen LogP contribution < -0.4 is 10.6 Å². The lowest BCUT2D eigenvalue weighted by atomic mass is 9.83. The Morgan fingerprint density at radius 2 is 2.00 bits per heavy atom. The molecule has 2 aliphatic rings. The highest BCUT2D eigenvalue weighted by molar-refractivity contribution is 4.87. The van der Waals surface area contributed by atoms with Crippen molar-refractivity contribution in [3.63, 3.8) is 0 Å². The van der Waals surface area contributed by atoms with Crippen LogP contribution in [0.1, 0.15) is 71.6 Å². The van der Waals surface area contributed by atoms with Crippen LogP contribution in [0.4, 0.5) is 0 Å². The Morgan fingerprint density at radius 3 is 2.61 bits per heavy atom. The Bertz CT molecular complexity index is 227. The Morgan fingerprint density at radius 1 is 1.22 bits per heavy atom. The van der Waals surface area contributed by atoms with Crippen molar-refractivity contribution in [1.82, 2.24) is 10.6 Å². The molecular weight excluding hydrogens is 220 g/mol. The first-order valence-corrected chi connectivity index (χ1v) is 8.21. The van der Waals surface area contributed by atoms with Gasteiger partial charge in [-0.2, -0.15) is 0 Å². The third kappa shape index (κ3) is 3.96. The Kier molecular flexibility index (Phi) is 5.50. The second-order valence-electron chi connectivity index (χ2n) is 6.73. The normalized spacial score (nSPS) is 29.3. The van der Waals surface area contributed by atoms with Crippen LogP contribution in [0.15, 0.2) is 0 Å². The fraction of sp³-hybridized carbons (Fsp3) is 1.00. The lowest BCUT2D eigenvalue weighted by Gasteiger charge is -2.32. The monoisotopic (exact) mass is 252 g/mol. The molecule has 1 saturated heterocycles. The fourth-order valence-electron chi connectivity index (χ4n) is 3.81. The van der Waals surface area contributed by atoms with Crippen molar-refractivity contribution in [2.45, 2.75) is 83.7 Å². The summed E-state index contributed by atoms with van der Waals surface area (Å²) in [7, 11) is 0. The lowest BCUT2D eigenvalue weighted by Crippen LogP contribution is -2.42. The van der Waals surface area contributed by atoms with Gasteiger partial charge in [-0.3, -0.25) is 0 Å². The molecule has 0 aromatic rings. The van der Waals surface area contributed by atoms with Crippen LogP contribution in [0.2, 0.25) is 0 Å². The maximum atomic E-state index is 3.82. The molecule has 0 aromatic heterocycles. The minimum Gasteiger partial charge on any atom is -0.314 e. The van der Waals surface area contributed by atoms with Gasteiger partial charge in [0.1, 0.15) is 0 Å². The van der Waals surface area contributed by atoms with Crippen LogP contribution >= 0.6 is 0 Å². The summed E-state index contributed by atoms with van der Waals surface area (Å²) in [5.74, 6) is 0. The summed E-state index contributed by atoms with van der Waals surface area (Å²) in [4.78, 5) is 0. The number of piperidine rings is 1. The van der Waals surface area contributed by atoms with Crippen LogP contribution in [0.5, 0.6) is 0 Å². The maximum absolute atomic E-state index is 3.82. The fourth-order valence-corrected chi connectivity index (χ4v) is 3.81. The zero-order valence-corrected chi connectivity index (χ0v) is 12.4. The van der Waals surface area contributed by atoms with Crippen molar-refractivity contribution < 1.29 is 0 Å². The van der Waals surface area contributed by atoms with Gasteiger partial charge >= 0.3 is 0 Å². The largest absolute Gasteiger partial charge is 0.314 e. The molecule has 2 unspecified atom stereocenters. The summed E-state index contributed by atoms with van der Waals surface area (Å²) in [5, 5.41) is 7.49.